The molecule has 1 fully saturated rings. The first-order valence-corrected chi connectivity index (χ1v) is 9.01. The molecular weight excluding hydrogens is 294 g/mol. The van der Waals surface area contributed by atoms with Gasteiger partial charge in [-0.25, -0.2) is 13.1 Å². The Morgan fingerprint density at radius 2 is 1.67 bits per heavy atom. The van der Waals surface area contributed by atoms with Crippen molar-refractivity contribution in [3.8, 4) is 0 Å². The number of sulfonamides is 1. The number of hydrogen-bond donors (Lipinski definition) is 1. The molecule has 0 aliphatic carbocycles. The van der Waals surface area contributed by atoms with Crippen molar-refractivity contribution in [2.75, 3.05) is 38.5 Å². The summed E-state index contributed by atoms with van der Waals surface area (Å²) in [6.45, 7) is 5.70. The van der Waals surface area contributed by atoms with Crippen LogP contribution in [-0.2, 0) is 19.6 Å². The first kappa shape index (κ1) is 17.9. The van der Waals surface area contributed by atoms with Crippen molar-refractivity contribution in [2.24, 2.45) is 0 Å². The van der Waals surface area contributed by atoms with Crippen molar-refractivity contribution in [2.45, 2.75) is 33.1 Å². The lowest BCUT2D eigenvalue weighted by molar-refractivity contribution is -0.138. The summed E-state index contributed by atoms with van der Waals surface area (Å²) in [5, 5.41) is 0. The zero-order valence-electron chi connectivity index (χ0n) is 12.8. The molecule has 0 saturated carbocycles. The van der Waals surface area contributed by atoms with Crippen molar-refractivity contribution >= 4 is 21.8 Å². The molecule has 2 amide bonds. The van der Waals surface area contributed by atoms with E-state index in [0.29, 0.717) is 32.6 Å². The second-order valence-corrected chi connectivity index (χ2v) is 7.13. The summed E-state index contributed by atoms with van der Waals surface area (Å²) in [4.78, 5) is 26.5. The molecule has 122 valence electrons. The highest BCUT2D eigenvalue weighted by Gasteiger charge is 2.22. The molecule has 0 aromatic rings. The number of piperazine rings is 1. The number of amides is 2. The minimum Gasteiger partial charge on any atom is -0.339 e. The summed E-state index contributed by atoms with van der Waals surface area (Å²) in [6.07, 6.45) is 1.60. The van der Waals surface area contributed by atoms with Gasteiger partial charge in [0.15, 0.2) is 0 Å². The van der Waals surface area contributed by atoms with Crippen LogP contribution in [0.3, 0.4) is 0 Å². The number of rotatable bonds is 7. The fourth-order valence-corrected chi connectivity index (χ4v) is 3.37. The Kier molecular flexibility index (Phi) is 7.10. The molecule has 0 spiro atoms. The Morgan fingerprint density at radius 3 is 2.19 bits per heavy atom. The van der Waals surface area contributed by atoms with Gasteiger partial charge < -0.3 is 9.80 Å². The van der Waals surface area contributed by atoms with Gasteiger partial charge in [-0.3, -0.25) is 9.59 Å². The van der Waals surface area contributed by atoms with E-state index in [9.17, 15) is 18.0 Å². The van der Waals surface area contributed by atoms with Gasteiger partial charge in [0.1, 0.15) is 0 Å². The third-order valence-electron chi connectivity index (χ3n) is 3.51. The van der Waals surface area contributed by atoms with Crippen LogP contribution in [0.1, 0.15) is 33.1 Å². The maximum Gasteiger partial charge on any atom is 0.224 e. The van der Waals surface area contributed by atoms with Gasteiger partial charge in [-0.2, -0.15) is 0 Å². The molecular formula is C13H25N3O4S. The Bertz CT molecular complexity index is 456. The van der Waals surface area contributed by atoms with Crippen LogP contribution >= 0.6 is 0 Å². The lowest BCUT2D eigenvalue weighted by Crippen LogP contribution is -2.50. The zero-order chi connectivity index (χ0) is 15.9. The lowest BCUT2D eigenvalue weighted by atomic mass is 10.3. The molecule has 8 heteroatoms. The number of carbonyl (C=O) groups excluding carboxylic acids is 2. The second kappa shape index (κ2) is 8.33. The predicted molar refractivity (Wildman–Crippen MR) is 80.1 cm³/mol. The van der Waals surface area contributed by atoms with Crippen molar-refractivity contribution in [1.82, 2.24) is 14.5 Å². The van der Waals surface area contributed by atoms with Gasteiger partial charge in [0.2, 0.25) is 21.8 Å². The Hall–Kier alpha value is -1.15. The summed E-state index contributed by atoms with van der Waals surface area (Å²) >= 11 is 0. The topological polar surface area (TPSA) is 86.8 Å². The molecule has 0 atom stereocenters. The van der Waals surface area contributed by atoms with Gasteiger partial charge in [-0.1, -0.05) is 13.3 Å². The summed E-state index contributed by atoms with van der Waals surface area (Å²) in [5.41, 5.74) is 0. The van der Waals surface area contributed by atoms with Crippen molar-refractivity contribution < 1.29 is 18.0 Å². The number of nitrogens with zero attached hydrogens (tertiary/aromatic N) is 2. The molecule has 21 heavy (non-hydrogen) atoms. The van der Waals surface area contributed by atoms with E-state index in [4.69, 9.17) is 0 Å². The van der Waals surface area contributed by atoms with E-state index in [2.05, 4.69) is 4.72 Å². The van der Waals surface area contributed by atoms with E-state index in [1.165, 1.54) is 6.92 Å². The molecule has 1 aliphatic rings. The zero-order valence-corrected chi connectivity index (χ0v) is 13.6. The minimum absolute atomic E-state index is 0.0192. The van der Waals surface area contributed by atoms with Crippen LogP contribution in [0.4, 0.5) is 0 Å². The van der Waals surface area contributed by atoms with Crippen LogP contribution in [0.2, 0.25) is 0 Å². The molecule has 1 saturated heterocycles. The molecule has 7 nitrogen and oxygen atoms in total. The maximum absolute atomic E-state index is 12.0. The van der Waals surface area contributed by atoms with Gasteiger partial charge in [0.05, 0.1) is 5.75 Å². The smallest absolute Gasteiger partial charge is 0.224 e. The van der Waals surface area contributed by atoms with Crippen LogP contribution in [0.5, 0.6) is 0 Å². The van der Waals surface area contributed by atoms with Crippen LogP contribution in [-0.4, -0.2) is 68.5 Å². The summed E-state index contributed by atoms with van der Waals surface area (Å²) in [5.74, 6) is 0.0526. The van der Waals surface area contributed by atoms with Crippen LogP contribution in [0.15, 0.2) is 0 Å². The predicted octanol–water partition coefficient (Wildman–Crippen LogP) is -0.213. The quantitative estimate of drug-likeness (QED) is 0.703. The van der Waals surface area contributed by atoms with E-state index < -0.39 is 10.0 Å². The van der Waals surface area contributed by atoms with Gasteiger partial charge in [-0.15, -0.1) is 0 Å². The van der Waals surface area contributed by atoms with Crippen molar-refractivity contribution in [3.05, 3.63) is 0 Å². The Balaban J connectivity index is 2.27. The Labute approximate surface area is 126 Å². The molecule has 1 N–H and O–H groups in total. The largest absolute Gasteiger partial charge is 0.339 e. The number of hydrogen-bond acceptors (Lipinski definition) is 4. The monoisotopic (exact) mass is 319 g/mol. The molecule has 1 heterocycles. The molecule has 0 aromatic heterocycles. The number of unbranched alkanes of at least 4 members (excludes halogenated alkanes) is 1. The molecule has 0 unspecified atom stereocenters. The maximum atomic E-state index is 12.0. The third kappa shape index (κ3) is 6.43. The molecule has 1 rings (SSSR count). The van der Waals surface area contributed by atoms with Crippen molar-refractivity contribution in [1.29, 1.82) is 0 Å². The van der Waals surface area contributed by atoms with Crippen LogP contribution in [0, 0.1) is 0 Å². The highest BCUT2D eigenvalue weighted by atomic mass is 32.2. The van der Waals surface area contributed by atoms with Crippen molar-refractivity contribution in [3.63, 3.8) is 0 Å². The third-order valence-corrected chi connectivity index (χ3v) is 4.98. The average Bonchev–Trinajstić information content (AvgIpc) is 2.45. The molecule has 0 radical (unpaired) electrons. The van der Waals surface area contributed by atoms with Gasteiger partial charge in [-0.05, 0) is 6.42 Å². The van der Waals surface area contributed by atoms with E-state index >= 15 is 0 Å². The molecule has 1 aliphatic heterocycles. The van der Waals surface area contributed by atoms with E-state index in [-0.39, 0.29) is 30.5 Å². The average molecular weight is 319 g/mol. The normalized spacial score (nSPS) is 16.1. The van der Waals surface area contributed by atoms with E-state index in [1.807, 2.05) is 6.92 Å². The van der Waals surface area contributed by atoms with Gasteiger partial charge >= 0.3 is 0 Å². The molecule has 0 bridgehead atoms. The molecule has 0 aromatic carbocycles. The first-order valence-electron chi connectivity index (χ1n) is 7.36. The highest BCUT2D eigenvalue weighted by Crippen LogP contribution is 2.04. The lowest BCUT2D eigenvalue weighted by Gasteiger charge is -2.34. The van der Waals surface area contributed by atoms with E-state index in [0.717, 1.165) is 6.42 Å². The van der Waals surface area contributed by atoms with Gasteiger partial charge in [0, 0.05) is 46.1 Å². The van der Waals surface area contributed by atoms with Gasteiger partial charge in [0.25, 0.3) is 0 Å². The fourth-order valence-electron chi connectivity index (χ4n) is 2.15. The van der Waals surface area contributed by atoms with Crippen LogP contribution < -0.4 is 4.72 Å². The first-order chi connectivity index (χ1) is 9.85. The summed E-state index contributed by atoms with van der Waals surface area (Å²) in [7, 11) is -3.26. The standard InChI is InChI=1S/C13H25N3O4S/c1-3-4-11-21(19,20)14-6-5-13(18)16-9-7-15(8-10-16)12(2)17/h14H,3-11H2,1-2H3. The minimum atomic E-state index is -3.26. The number of carbonyl (C=O) groups is 2. The number of nitrogens with one attached hydrogen (secondary N) is 1. The highest BCUT2D eigenvalue weighted by molar-refractivity contribution is 7.89. The second-order valence-electron chi connectivity index (χ2n) is 5.20. The summed E-state index contributed by atoms with van der Waals surface area (Å²) in [6, 6.07) is 0. The SMILES string of the molecule is CCCCS(=O)(=O)NCCC(=O)N1CCN(C(C)=O)CC1. The van der Waals surface area contributed by atoms with Crippen LogP contribution in [0.25, 0.3) is 0 Å². The summed E-state index contributed by atoms with van der Waals surface area (Å²) < 4.78 is 25.6. The van der Waals surface area contributed by atoms with E-state index in [1.54, 1.807) is 9.80 Å². The fraction of sp³-hybridized carbons (Fsp3) is 0.846. The Morgan fingerprint density at radius 1 is 1.10 bits per heavy atom.